The fraction of sp³-hybridized carbons (Fsp3) is 0. The van der Waals surface area contributed by atoms with Gasteiger partial charge in [0, 0.05) is 11.6 Å². The largest absolute Gasteiger partial charge is 0.383 e. The summed E-state index contributed by atoms with van der Waals surface area (Å²) in [4.78, 5) is 18.5. The van der Waals surface area contributed by atoms with Crippen LogP contribution in [-0.2, 0) is 0 Å². The van der Waals surface area contributed by atoms with Crippen molar-refractivity contribution >= 4 is 23.1 Å². The highest BCUT2D eigenvalue weighted by Crippen LogP contribution is 2.14. The van der Waals surface area contributed by atoms with Gasteiger partial charge in [0.1, 0.15) is 5.82 Å². The molecule has 0 saturated heterocycles. The van der Waals surface area contributed by atoms with Crippen molar-refractivity contribution in [3.63, 3.8) is 0 Å². The highest BCUT2D eigenvalue weighted by atomic mass is 16.1. The summed E-state index contributed by atoms with van der Waals surface area (Å²) >= 11 is 0. The zero-order valence-electron chi connectivity index (χ0n) is 6.77. The van der Waals surface area contributed by atoms with Crippen molar-refractivity contribution in [2.24, 2.45) is 0 Å². The Balaban J connectivity index is 2.81. The molecule has 4 nitrogen and oxygen atoms in total. The van der Waals surface area contributed by atoms with Gasteiger partial charge in [-0.3, -0.25) is 4.79 Å². The molecule has 2 heterocycles. The minimum absolute atomic E-state index is 0.223. The molecule has 4 heteroatoms. The molecule has 0 radical (unpaired) electrons. The second-order valence-electron chi connectivity index (χ2n) is 2.63. The Kier molecular flexibility index (Phi) is 1.66. The second-order valence-corrected chi connectivity index (χ2v) is 2.63. The normalized spacial score (nSPS) is 10.2. The molecule has 0 amide bonds. The van der Waals surface area contributed by atoms with E-state index in [1.54, 1.807) is 18.3 Å². The van der Waals surface area contributed by atoms with Crippen LogP contribution in [0.4, 0.5) is 5.82 Å². The minimum atomic E-state index is 0.223. The molecule has 2 rings (SSSR count). The number of aldehydes is 1. The van der Waals surface area contributed by atoms with Gasteiger partial charge in [-0.15, -0.1) is 0 Å². The standard InChI is InChI=1S/C9H7N3O/c10-8-7(5-13)4-6-2-1-3-11-9(6)12-8/h1-5H,(H2,10,11,12). The van der Waals surface area contributed by atoms with Gasteiger partial charge in [0.2, 0.25) is 0 Å². The number of aromatic nitrogens is 2. The third kappa shape index (κ3) is 1.22. The Labute approximate surface area is 74.4 Å². The number of carbonyl (C=O) groups is 1. The maximum Gasteiger partial charge on any atom is 0.161 e. The molecule has 0 saturated carbocycles. The summed E-state index contributed by atoms with van der Waals surface area (Å²) in [6, 6.07) is 5.30. The van der Waals surface area contributed by atoms with E-state index in [-0.39, 0.29) is 5.82 Å². The Morgan fingerprint density at radius 3 is 3.08 bits per heavy atom. The van der Waals surface area contributed by atoms with Gasteiger partial charge in [0.15, 0.2) is 11.9 Å². The van der Waals surface area contributed by atoms with Crippen LogP contribution in [0.1, 0.15) is 10.4 Å². The van der Waals surface area contributed by atoms with Crippen LogP contribution in [0.2, 0.25) is 0 Å². The SMILES string of the molecule is Nc1nc2ncccc2cc1C=O. The topological polar surface area (TPSA) is 68.9 Å². The van der Waals surface area contributed by atoms with Gasteiger partial charge < -0.3 is 5.73 Å². The first-order chi connectivity index (χ1) is 6.31. The molecule has 0 aliphatic heterocycles. The lowest BCUT2D eigenvalue weighted by atomic mass is 10.2. The molecule has 13 heavy (non-hydrogen) atoms. The van der Waals surface area contributed by atoms with Gasteiger partial charge in [-0.05, 0) is 18.2 Å². The maximum absolute atomic E-state index is 10.5. The van der Waals surface area contributed by atoms with Crippen molar-refractivity contribution < 1.29 is 4.79 Å². The van der Waals surface area contributed by atoms with Crippen LogP contribution in [0.25, 0.3) is 11.0 Å². The van der Waals surface area contributed by atoms with Crippen LogP contribution in [0.15, 0.2) is 24.4 Å². The number of pyridine rings is 2. The Morgan fingerprint density at radius 2 is 2.31 bits per heavy atom. The number of carbonyl (C=O) groups excluding carboxylic acids is 1. The van der Waals surface area contributed by atoms with E-state index in [0.29, 0.717) is 17.5 Å². The quantitative estimate of drug-likeness (QED) is 0.654. The molecule has 64 valence electrons. The number of hydrogen-bond donors (Lipinski definition) is 1. The zero-order chi connectivity index (χ0) is 9.26. The van der Waals surface area contributed by atoms with E-state index >= 15 is 0 Å². The third-order valence-electron chi connectivity index (χ3n) is 1.78. The lowest BCUT2D eigenvalue weighted by molar-refractivity contribution is 0.112. The second kappa shape index (κ2) is 2.82. The molecular weight excluding hydrogens is 166 g/mol. The Bertz CT molecular complexity index is 467. The van der Waals surface area contributed by atoms with Crippen molar-refractivity contribution in [1.82, 2.24) is 9.97 Å². The van der Waals surface area contributed by atoms with Crippen LogP contribution in [0, 0.1) is 0 Å². The van der Waals surface area contributed by atoms with Crippen molar-refractivity contribution in [3.8, 4) is 0 Å². The highest BCUT2D eigenvalue weighted by Gasteiger charge is 2.02. The first-order valence-corrected chi connectivity index (χ1v) is 3.77. The average Bonchev–Trinajstić information content (AvgIpc) is 2.17. The van der Waals surface area contributed by atoms with E-state index in [4.69, 9.17) is 5.73 Å². The van der Waals surface area contributed by atoms with E-state index in [1.165, 1.54) is 0 Å². The zero-order valence-corrected chi connectivity index (χ0v) is 6.77. The molecule has 0 bridgehead atoms. The van der Waals surface area contributed by atoms with Gasteiger partial charge >= 0.3 is 0 Å². The van der Waals surface area contributed by atoms with E-state index in [9.17, 15) is 4.79 Å². The summed E-state index contributed by atoms with van der Waals surface area (Å²) in [7, 11) is 0. The molecule has 0 aliphatic carbocycles. The lowest BCUT2D eigenvalue weighted by Gasteiger charge is -1.99. The molecule has 0 unspecified atom stereocenters. The fourth-order valence-electron chi connectivity index (χ4n) is 1.13. The first kappa shape index (κ1) is 7.67. The summed E-state index contributed by atoms with van der Waals surface area (Å²) in [6.45, 7) is 0. The lowest BCUT2D eigenvalue weighted by Crippen LogP contribution is -1.97. The average molecular weight is 173 g/mol. The number of fused-ring (bicyclic) bond motifs is 1. The molecule has 0 atom stereocenters. The number of rotatable bonds is 1. The van der Waals surface area contributed by atoms with Gasteiger partial charge in [-0.25, -0.2) is 9.97 Å². The molecule has 0 fully saturated rings. The van der Waals surface area contributed by atoms with Crippen molar-refractivity contribution in [3.05, 3.63) is 30.0 Å². The van der Waals surface area contributed by atoms with Gasteiger partial charge in [0.25, 0.3) is 0 Å². The Morgan fingerprint density at radius 1 is 1.46 bits per heavy atom. The minimum Gasteiger partial charge on any atom is -0.383 e. The summed E-state index contributed by atoms with van der Waals surface area (Å²) in [5.41, 5.74) is 6.48. The number of hydrogen-bond acceptors (Lipinski definition) is 4. The number of anilines is 1. The molecule has 2 aromatic rings. The van der Waals surface area contributed by atoms with Crippen molar-refractivity contribution in [1.29, 1.82) is 0 Å². The number of nitrogen functional groups attached to an aromatic ring is 1. The first-order valence-electron chi connectivity index (χ1n) is 3.77. The van der Waals surface area contributed by atoms with E-state index in [2.05, 4.69) is 9.97 Å². The molecule has 0 aromatic carbocycles. The van der Waals surface area contributed by atoms with E-state index < -0.39 is 0 Å². The van der Waals surface area contributed by atoms with E-state index in [0.717, 1.165) is 5.39 Å². The maximum atomic E-state index is 10.5. The van der Waals surface area contributed by atoms with Gasteiger partial charge in [0.05, 0.1) is 5.56 Å². The number of nitrogens with zero attached hydrogens (tertiary/aromatic N) is 2. The van der Waals surface area contributed by atoms with Crippen LogP contribution in [-0.4, -0.2) is 16.3 Å². The van der Waals surface area contributed by atoms with Gasteiger partial charge in [-0.2, -0.15) is 0 Å². The van der Waals surface area contributed by atoms with Crippen molar-refractivity contribution in [2.75, 3.05) is 5.73 Å². The van der Waals surface area contributed by atoms with Crippen LogP contribution < -0.4 is 5.73 Å². The van der Waals surface area contributed by atoms with E-state index in [1.807, 2.05) is 6.07 Å². The van der Waals surface area contributed by atoms with Crippen LogP contribution in [0.3, 0.4) is 0 Å². The summed E-state index contributed by atoms with van der Waals surface area (Å²) in [5.74, 6) is 0.223. The highest BCUT2D eigenvalue weighted by molar-refractivity contribution is 5.89. The smallest absolute Gasteiger partial charge is 0.161 e. The fourth-order valence-corrected chi connectivity index (χ4v) is 1.13. The molecule has 0 spiro atoms. The molecule has 2 aromatic heterocycles. The van der Waals surface area contributed by atoms with Crippen LogP contribution >= 0.6 is 0 Å². The van der Waals surface area contributed by atoms with Crippen molar-refractivity contribution in [2.45, 2.75) is 0 Å². The summed E-state index contributed by atoms with van der Waals surface area (Å²) in [5, 5.41) is 0.818. The summed E-state index contributed by atoms with van der Waals surface area (Å²) < 4.78 is 0. The Hall–Kier alpha value is -1.97. The van der Waals surface area contributed by atoms with Crippen LogP contribution in [0.5, 0.6) is 0 Å². The molecule has 2 N–H and O–H groups in total. The third-order valence-corrected chi connectivity index (χ3v) is 1.78. The van der Waals surface area contributed by atoms with Gasteiger partial charge in [-0.1, -0.05) is 0 Å². The predicted molar refractivity (Wildman–Crippen MR) is 49.3 cm³/mol. The summed E-state index contributed by atoms with van der Waals surface area (Å²) in [6.07, 6.45) is 2.32. The molecule has 0 aliphatic rings. The predicted octanol–water partition coefficient (Wildman–Crippen LogP) is 1.02. The molecular formula is C9H7N3O. The monoisotopic (exact) mass is 173 g/mol. The number of nitrogens with two attached hydrogens (primary N) is 1.